The van der Waals surface area contributed by atoms with Gasteiger partial charge in [-0.2, -0.15) is 0 Å². The molecule has 4 aliphatic rings. The second-order valence-electron chi connectivity index (χ2n) is 8.70. The van der Waals surface area contributed by atoms with E-state index in [2.05, 4.69) is 11.9 Å². The summed E-state index contributed by atoms with van der Waals surface area (Å²) in [4.78, 5) is 20.1. The second kappa shape index (κ2) is 6.71. The van der Waals surface area contributed by atoms with Crippen LogP contribution in [0.15, 0.2) is 24.4 Å². The average molecular weight is 342 g/mol. The van der Waals surface area contributed by atoms with E-state index in [0.717, 1.165) is 49.1 Å². The van der Waals surface area contributed by atoms with Gasteiger partial charge in [0.2, 0.25) is 5.91 Å². The zero-order valence-electron chi connectivity index (χ0n) is 15.2. The first kappa shape index (κ1) is 17.0. The van der Waals surface area contributed by atoms with Gasteiger partial charge in [0.15, 0.2) is 0 Å². The van der Waals surface area contributed by atoms with E-state index < -0.39 is 0 Å². The quantitative estimate of drug-likeness (QED) is 0.862. The molecular weight excluding hydrogens is 312 g/mol. The van der Waals surface area contributed by atoms with E-state index in [9.17, 15) is 9.90 Å². The van der Waals surface area contributed by atoms with E-state index in [1.165, 1.54) is 19.3 Å². The average Bonchev–Trinajstić information content (AvgIpc) is 2.61. The topological polar surface area (TPSA) is 53.4 Å². The van der Waals surface area contributed by atoms with Crippen molar-refractivity contribution in [1.82, 2.24) is 9.88 Å². The summed E-state index contributed by atoms with van der Waals surface area (Å²) < 4.78 is 0. The number of pyridine rings is 1. The van der Waals surface area contributed by atoms with Crippen LogP contribution in [0, 0.1) is 23.2 Å². The molecule has 0 aliphatic heterocycles. The number of aliphatic hydroxyl groups excluding tert-OH is 1. The Hall–Kier alpha value is -1.42. The lowest BCUT2D eigenvalue weighted by Crippen LogP contribution is -2.56. The first-order chi connectivity index (χ1) is 12.1. The second-order valence-corrected chi connectivity index (χ2v) is 8.70. The molecule has 1 heterocycles. The molecule has 0 radical (unpaired) electrons. The Balaban J connectivity index is 1.61. The van der Waals surface area contributed by atoms with Crippen LogP contribution in [-0.2, 0) is 11.3 Å². The number of rotatable bonds is 6. The van der Waals surface area contributed by atoms with E-state index in [1.807, 2.05) is 23.1 Å². The lowest BCUT2D eigenvalue weighted by atomic mass is 9.49. The molecule has 1 N–H and O–H groups in total. The Morgan fingerprint density at radius 2 is 1.88 bits per heavy atom. The van der Waals surface area contributed by atoms with Gasteiger partial charge in [-0.15, -0.1) is 0 Å². The Morgan fingerprint density at radius 3 is 2.36 bits per heavy atom. The highest BCUT2D eigenvalue weighted by Gasteiger charge is 2.56. The summed E-state index contributed by atoms with van der Waals surface area (Å²) in [5, 5.41) is 9.89. The maximum absolute atomic E-state index is 13.7. The van der Waals surface area contributed by atoms with Crippen LogP contribution in [0.1, 0.15) is 57.6 Å². The van der Waals surface area contributed by atoms with Gasteiger partial charge < -0.3 is 10.0 Å². The molecule has 0 saturated heterocycles. The minimum absolute atomic E-state index is 0.0292. The molecular formula is C21H30N2O2. The van der Waals surface area contributed by atoms with Gasteiger partial charge in [0.1, 0.15) is 0 Å². The molecule has 4 heteroatoms. The van der Waals surface area contributed by atoms with Crippen LogP contribution < -0.4 is 0 Å². The minimum Gasteiger partial charge on any atom is -0.394 e. The van der Waals surface area contributed by atoms with Crippen LogP contribution in [0.25, 0.3) is 0 Å². The van der Waals surface area contributed by atoms with Gasteiger partial charge in [0.05, 0.1) is 30.3 Å². The minimum atomic E-state index is -0.161. The Bertz CT molecular complexity index is 576. The van der Waals surface area contributed by atoms with Crippen molar-refractivity contribution in [2.45, 2.75) is 64.5 Å². The van der Waals surface area contributed by atoms with Crippen LogP contribution in [0.4, 0.5) is 0 Å². The van der Waals surface area contributed by atoms with E-state index in [-0.39, 0.29) is 24.0 Å². The summed E-state index contributed by atoms with van der Waals surface area (Å²) in [6, 6.07) is 5.74. The first-order valence-corrected chi connectivity index (χ1v) is 9.95. The third-order valence-electron chi connectivity index (χ3n) is 6.93. The Labute approximate surface area is 150 Å². The van der Waals surface area contributed by atoms with E-state index in [1.54, 1.807) is 6.20 Å². The molecule has 1 amide bonds. The van der Waals surface area contributed by atoms with Crippen molar-refractivity contribution in [3.05, 3.63) is 30.1 Å². The van der Waals surface area contributed by atoms with Gasteiger partial charge in [0.25, 0.3) is 0 Å². The molecule has 4 fully saturated rings. The predicted molar refractivity (Wildman–Crippen MR) is 96.6 cm³/mol. The molecule has 0 spiro atoms. The van der Waals surface area contributed by atoms with Gasteiger partial charge in [-0.05, 0) is 74.8 Å². The maximum Gasteiger partial charge on any atom is 0.229 e. The molecule has 1 aromatic heterocycles. The van der Waals surface area contributed by atoms with Crippen molar-refractivity contribution in [3.8, 4) is 0 Å². The molecule has 1 aromatic rings. The summed E-state index contributed by atoms with van der Waals surface area (Å²) >= 11 is 0. The highest BCUT2D eigenvalue weighted by Crippen LogP contribution is 2.60. The van der Waals surface area contributed by atoms with Crippen molar-refractivity contribution in [2.24, 2.45) is 23.2 Å². The molecule has 25 heavy (non-hydrogen) atoms. The normalized spacial score (nSPS) is 34.1. The smallest absolute Gasteiger partial charge is 0.229 e. The molecule has 1 atom stereocenters. The number of hydrogen-bond donors (Lipinski definition) is 1. The number of hydrogen-bond acceptors (Lipinski definition) is 3. The van der Waals surface area contributed by atoms with Crippen LogP contribution in [0.2, 0.25) is 0 Å². The number of amides is 1. The number of aliphatic hydroxyl groups is 1. The van der Waals surface area contributed by atoms with Gasteiger partial charge in [-0.3, -0.25) is 9.78 Å². The fraction of sp³-hybridized carbons (Fsp3) is 0.714. The highest BCUT2D eigenvalue weighted by atomic mass is 16.3. The molecule has 4 saturated carbocycles. The van der Waals surface area contributed by atoms with Gasteiger partial charge >= 0.3 is 0 Å². The van der Waals surface area contributed by atoms with Crippen LogP contribution in [0.5, 0.6) is 0 Å². The summed E-state index contributed by atoms with van der Waals surface area (Å²) in [7, 11) is 0. The Kier molecular flexibility index (Phi) is 4.57. The fourth-order valence-corrected chi connectivity index (χ4v) is 6.16. The molecule has 136 valence electrons. The van der Waals surface area contributed by atoms with Crippen molar-refractivity contribution in [2.75, 3.05) is 6.61 Å². The Morgan fingerprint density at radius 1 is 1.24 bits per heavy atom. The number of carbonyl (C=O) groups is 1. The SMILES string of the molecule is CCC(CO)N(Cc1ccccn1)C(=O)C12CC3CC(CC(C3)C1)C2. The van der Waals surface area contributed by atoms with Gasteiger partial charge in [-0.1, -0.05) is 13.0 Å². The number of nitrogens with zero attached hydrogens (tertiary/aromatic N) is 2. The summed E-state index contributed by atoms with van der Waals surface area (Å²) in [5.41, 5.74) is 0.749. The highest BCUT2D eigenvalue weighted by molar-refractivity contribution is 5.83. The van der Waals surface area contributed by atoms with Gasteiger partial charge in [-0.25, -0.2) is 0 Å². The van der Waals surface area contributed by atoms with Gasteiger partial charge in [0, 0.05) is 6.20 Å². The van der Waals surface area contributed by atoms with Crippen LogP contribution in [0.3, 0.4) is 0 Å². The number of aromatic nitrogens is 1. The zero-order valence-corrected chi connectivity index (χ0v) is 15.2. The number of carbonyl (C=O) groups excluding carboxylic acids is 1. The summed E-state index contributed by atoms with van der Waals surface area (Å²) in [5.74, 6) is 2.54. The molecule has 1 unspecified atom stereocenters. The van der Waals surface area contributed by atoms with E-state index in [0.29, 0.717) is 6.54 Å². The molecule has 0 aromatic carbocycles. The summed E-state index contributed by atoms with van der Waals surface area (Å²) in [6.45, 7) is 2.60. The zero-order chi connectivity index (χ0) is 17.4. The monoisotopic (exact) mass is 342 g/mol. The van der Waals surface area contributed by atoms with Crippen molar-refractivity contribution in [3.63, 3.8) is 0 Å². The summed E-state index contributed by atoms with van der Waals surface area (Å²) in [6.07, 6.45) is 9.78. The van der Waals surface area contributed by atoms with Crippen LogP contribution >= 0.6 is 0 Å². The molecule has 4 aliphatic carbocycles. The lowest BCUT2D eigenvalue weighted by Gasteiger charge is -2.57. The third kappa shape index (κ3) is 3.10. The van der Waals surface area contributed by atoms with Crippen molar-refractivity contribution < 1.29 is 9.90 Å². The fourth-order valence-electron chi connectivity index (χ4n) is 6.16. The third-order valence-corrected chi connectivity index (χ3v) is 6.93. The largest absolute Gasteiger partial charge is 0.394 e. The molecule has 4 bridgehead atoms. The van der Waals surface area contributed by atoms with Crippen molar-refractivity contribution >= 4 is 5.91 Å². The molecule has 5 rings (SSSR count). The molecule has 4 nitrogen and oxygen atoms in total. The van der Waals surface area contributed by atoms with E-state index >= 15 is 0 Å². The van der Waals surface area contributed by atoms with Crippen LogP contribution in [-0.4, -0.2) is 33.5 Å². The maximum atomic E-state index is 13.7. The predicted octanol–water partition coefficient (Wildman–Crippen LogP) is 3.40. The lowest BCUT2D eigenvalue weighted by molar-refractivity contribution is -0.162. The standard InChI is InChI=1S/C21H30N2O2/c1-2-19(14-24)23(13-18-5-3-4-6-22-18)20(25)21-10-15-7-16(11-21)9-17(8-15)12-21/h3-6,15-17,19,24H,2,7-14H2,1H3. The van der Waals surface area contributed by atoms with E-state index in [4.69, 9.17) is 0 Å². The first-order valence-electron chi connectivity index (χ1n) is 9.95. The van der Waals surface area contributed by atoms with Crippen molar-refractivity contribution in [1.29, 1.82) is 0 Å².